The summed E-state index contributed by atoms with van der Waals surface area (Å²) in [6.07, 6.45) is 5.06. The summed E-state index contributed by atoms with van der Waals surface area (Å²) in [7, 11) is 0. The van der Waals surface area contributed by atoms with Crippen LogP contribution in [0.2, 0.25) is 9.26 Å². The fraction of sp³-hybridized carbons (Fsp3) is 0.263. The molecule has 2 aliphatic rings. The normalized spacial score (nSPS) is 17.5. The fourth-order valence-electron chi connectivity index (χ4n) is 8.55. The molecule has 0 aliphatic heterocycles. The first-order valence-corrected chi connectivity index (χ1v) is 28.4. The zero-order valence-corrected chi connectivity index (χ0v) is 31.8. The van der Waals surface area contributed by atoms with Crippen LogP contribution in [-0.4, -0.2) is 6.88 Å². The molecular weight excluding hydrogens is 647 g/mol. The quantitative estimate of drug-likeness (QED) is 0.187. The van der Waals surface area contributed by atoms with Crippen molar-refractivity contribution < 1.29 is 17.4 Å². The molecule has 0 bridgehead atoms. The van der Waals surface area contributed by atoms with Gasteiger partial charge < -0.3 is 0 Å². The number of allylic oxidation sites excluding steroid dienone is 2. The monoisotopic (exact) mass is 688 g/mol. The molecule has 2 atom stereocenters. The number of rotatable bonds is 4. The molecule has 4 aromatic rings. The van der Waals surface area contributed by atoms with E-state index in [0.717, 1.165) is 0 Å². The van der Waals surface area contributed by atoms with Crippen LogP contribution in [0.3, 0.4) is 0 Å². The molecule has 0 fully saturated rings. The predicted molar refractivity (Wildman–Crippen MR) is 190 cm³/mol. The SMILES string of the molecule is CC1=Cc2c(-c3cc(C)cc(C)c3)cccc2[CH]1[Zr]([CH3])([CH3])(=[SiH2])[CH]1C(C)=Cc2c(-c3cc(C)cc(C)c3)cccc21.Cl.Cl. The van der Waals surface area contributed by atoms with Crippen LogP contribution in [0.4, 0.5) is 0 Å². The van der Waals surface area contributed by atoms with E-state index in [1.807, 2.05) is 0 Å². The molecule has 0 N–H and O–H groups in total. The second-order valence-corrected chi connectivity index (χ2v) is 44.4. The Morgan fingerprint density at radius 3 is 1.19 bits per heavy atom. The fourth-order valence-corrected chi connectivity index (χ4v) is 29.8. The molecule has 0 saturated heterocycles. The molecule has 4 heteroatoms. The maximum absolute atomic E-state index is 3.54. The van der Waals surface area contributed by atoms with E-state index >= 15 is 0 Å². The molecule has 2 aliphatic carbocycles. The van der Waals surface area contributed by atoms with Crippen LogP contribution < -0.4 is 0 Å². The molecule has 0 nitrogen and oxygen atoms in total. The van der Waals surface area contributed by atoms with Crippen molar-refractivity contribution in [3.05, 3.63) is 128 Å². The van der Waals surface area contributed by atoms with Crippen LogP contribution >= 0.6 is 24.8 Å². The van der Waals surface area contributed by atoms with Gasteiger partial charge in [-0.15, -0.1) is 24.8 Å². The summed E-state index contributed by atoms with van der Waals surface area (Å²) < 4.78 is 6.54. The third kappa shape index (κ3) is 5.43. The number of hydrogen-bond donors (Lipinski definition) is 0. The maximum atomic E-state index is 2.74. The number of hydrogen-bond acceptors (Lipinski definition) is 0. The Labute approximate surface area is 268 Å². The van der Waals surface area contributed by atoms with Crippen molar-refractivity contribution in [2.75, 3.05) is 0 Å². The molecule has 0 heterocycles. The van der Waals surface area contributed by atoms with Crippen molar-refractivity contribution in [2.45, 2.75) is 58.1 Å². The Kier molecular flexibility index (Phi) is 9.03. The van der Waals surface area contributed by atoms with E-state index in [-0.39, 0.29) is 24.8 Å². The van der Waals surface area contributed by atoms with Gasteiger partial charge in [-0.1, -0.05) is 0 Å². The van der Waals surface area contributed by atoms with Crippen LogP contribution in [0, 0.1) is 27.7 Å². The Morgan fingerprint density at radius 2 is 0.857 bits per heavy atom. The Bertz CT molecular complexity index is 1680. The first-order chi connectivity index (χ1) is 18.8. The Hall–Kier alpha value is -1.96. The molecular formula is C38H44Cl2SiZr. The van der Waals surface area contributed by atoms with Gasteiger partial charge in [0, 0.05) is 0 Å². The standard InChI is InChI=1S/2C18H17.2CH3.2ClH.H2Si.Zr/c2*1-12-7-13(2)10-16(9-12)17-6-4-5-15-8-14(3)11-18(15)17;;;;;;/h2*4-11H,1-3H3;2*1H3;2*1H;1H2;. The van der Waals surface area contributed by atoms with Gasteiger partial charge >= 0.3 is 245 Å². The smallest absolute Gasteiger partial charge is 0.147 e. The number of aryl methyl sites for hydroxylation is 4. The van der Waals surface area contributed by atoms with Gasteiger partial charge in [0.2, 0.25) is 0 Å². The molecule has 0 aromatic heterocycles. The first-order valence-electron chi connectivity index (χ1n) is 14.7. The summed E-state index contributed by atoms with van der Waals surface area (Å²) in [4.78, 5) is 0. The second kappa shape index (κ2) is 11.5. The Balaban J connectivity index is 0.00000202. The second-order valence-electron chi connectivity index (χ2n) is 13.9. The average Bonchev–Trinajstić information content (AvgIpc) is 3.38. The van der Waals surface area contributed by atoms with Gasteiger partial charge in [0.15, 0.2) is 0 Å². The molecule has 4 aromatic carbocycles. The summed E-state index contributed by atoms with van der Waals surface area (Å²) in [5.74, 6) is 0. The minimum absolute atomic E-state index is 0. The molecule has 0 radical (unpaired) electrons. The van der Waals surface area contributed by atoms with Crippen molar-refractivity contribution in [3.63, 3.8) is 0 Å². The number of halogens is 2. The molecule has 42 heavy (non-hydrogen) atoms. The summed E-state index contributed by atoms with van der Waals surface area (Å²) in [6, 6.07) is 28.1. The summed E-state index contributed by atoms with van der Waals surface area (Å²) in [5, 5.41) is 0. The molecule has 0 spiro atoms. The zero-order chi connectivity index (χ0) is 28.6. The van der Waals surface area contributed by atoms with Gasteiger partial charge in [-0.3, -0.25) is 0 Å². The summed E-state index contributed by atoms with van der Waals surface area (Å²) in [5.41, 5.74) is 19.9. The van der Waals surface area contributed by atoms with E-state index in [9.17, 15) is 0 Å². The van der Waals surface area contributed by atoms with Crippen LogP contribution in [0.25, 0.3) is 34.4 Å². The van der Waals surface area contributed by atoms with Crippen LogP contribution in [-0.2, 0) is 17.4 Å². The molecule has 2 unspecified atom stereocenters. The van der Waals surface area contributed by atoms with E-state index < -0.39 is 17.4 Å². The predicted octanol–water partition coefficient (Wildman–Crippen LogP) is 11.0. The topological polar surface area (TPSA) is 0 Å². The minimum Gasteiger partial charge on any atom is -0.147 e. The van der Waals surface area contributed by atoms with Gasteiger partial charge in [0.1, 0.15) is 0 Å². The van der Waals surface area contributed by atoms with E-state index in [0.29, 0.717) is 7.25 Å². The van der Waals surface area contributed by atoms with Crippen molar-refractivity contribution in [3.8, 4) is 22.3 Å². The molecule has 0 amide bonds. The van der Waals surface area contributed by atoms with Crippen molar-refractivity contribution in [1.82, 2.24) is 0 Å². The third-order valence-electron chi connectivity index (χ3n) is 9.52. The van der Waals surface area contributed by atoms with E-state index in [1.165, 1.54) is 55.6 Å². The van der Waals surface area contributed by atoms with Crippen LogP contribution in [0.15, 0.2) is 83.9 Å². The van der Waals surface area contributed by atoms with Crippen LogP contribution in [0.5, 0.6) is 0 Å². The van der Waals surface area contributed by atoms with E-state index in [4.69, 9.17) is 0 Å². The van der Waals surface area contributed by atoms with Gasteiger partial charge in [0.05, 0.1) is 0 Å². The largest absolute Gasteiger partial charge is 0.147 e. The molecule has 6 rings (SSSR count). The maximum Gasteiger partial charge on any atom is -0.147 e. The number of benzene rings is 4. The van der Waals surface area contributed by atoms with Crippen molar-refractivity contribution in [2.24, 2.45) is 0 Å². The van der Waals surface area contributed by atoms with Gasteiger partial charge in [-0.05, 0) is 0 Å². The minimum atomic E-state index is -3.54. The summed E-state index contributed by atoms with van der Waals surface area (Å²) >= 11 is -3.54. The first kappa shape index (κ1) is 32.9. The van der Waals surface area contributed by atoms with Gasteiger partial charge in [-0.25, -0.2) is 0 Å². The molecule has 0 saturated carbocycles. The molecule has 218 valence electrons. The summed E-state index contributed by atoms with van der Waals surface area (Å²) in [6.45, 7) is 16.1. The Morgan fingerprint density at radius 1 is 0.524 bits per heavy atom. The zero-order valence-electron chi connectivity index (χ0n) is 26.3. The average molecular weight is 691 g/mol. The van der Waals surface area contributed by atoms with Gasteiger partial charge in [-0.2, -0.15) is 0 Å². The van der Waals surface area contributed by atoms with E-state index in [1.54, 1.807) is 22.3 Å². The van der Waals surface area contributed by atoms with Crippen molar-refractivity contribution >= 4 is 43.8 Å². The van der Waals surface area contributed by atoms with E-state index in [2.05, 4.69) is 143 Å². The van der Waals surface area contributed by atoms with Gasteiger partial charge in [0.25, 0.3) is 0 Å². The van der Waals surface area contributed by atoms with Crippen molar-refractivity contribution in [1.29, 1.82) is 0 Å². The number of fused-ring (bicyclic) bond motifs is 2. The third-order valence-corrected chi connectivity index (χ3v) is 27.4. The van der Waals surface area contributed by atoms with Crippen LogP contribution in [0.1, 0.15) is 65.6 Å².